The fraction of sp³-hybridized carbons (Fsp3) is 0.875. The van der Waals surface area contributed by atoms with Gasteiger partial charge in [0.1, 0.15) is 6.61 Å². The molecule has 1 heterocycles. The topological polar surface area (TPSA) is 29.5 Å². The van der Waals surface area contributed by atoms with E-state index in [-0.39, 0.29) is 19.6 Å². The molecular weight excluding hydrogens is 174 g/mol. The number of hydrogen-bond acceptors (Lipinski definition) is 2. The summed E-state index contributed by atoms with van der Waals surface area (Å²) < 4.78 is 4.78. The maximum atomic E-state index is 10.9. The maximum Gasteiger partial charge on any atom is 0.409 e. The van der Waals surface area contributed by atoms with Gasteiger partial charge in [0.2, 0.25) is 0 Å². The highest BCUT2D eigenvalue weighted by Gasteiger charge is 2.20. The highest BCUT2D eigenvalue weighted by Crippen LogP contribution is 2.05. The van der Waals surface area contributed by atoms with Gasteiger partial charge in [-0.25, -0.2) is 4.79 Å². The van der Waals surface area contributed by atoms with Gasteiger partial charge in [-0.2, -0.15) is 13.5 Å². The summed E-state index contributed by atoms with van der Waals surface area (Å²) in [6, 6.07) is 0. The van der Waals surface area contributed by atoms with Gasteiger partial charge in [0.15, 0.2) is 0 Å². The third-order valence-corrected chi connectivity index (χ3v) is 1.88. The average Bonchev–Trinajstić information content (AvgIpc) is 2.37. The van der Waals surface area contributed by atoms with Gasteiger partial charge in [0, 0.05) is 6.54 Å². The predicted octanol–water partition coefficient (Wildman–Crippen LogP) is 1.74. The second-order valence-corrected chi connectivity index (χ2v) is 2.81. The minimum Gasteiger partial charge on any atom is -0.448 e. The van der Waals surface area contributed by atoms with Crippen molar-refractivity contribution in [2.75, 3.05) is 19.7 Å². The van der Waals surface area contributed by atoms with Crippen LogP contribution >= 0.6 is 13.5 Å². The van der Waals surface area contributed by atoms with Crippen molar-refractivity contribution < 1.29 is 9.53 Å². The number of ether oxygens (including phenoxy) is 1. The van der Waals surface area contributed by atoms with Crippen LogP contribution in [0.5, 0.6) is 0 Å². The molecule has 0 saturated carbocycles. The molecule has 3 nitrogen and oxygen atoms in total. The quantitative estimate of drug-likeness (QED) is 0.633. The summed E-state index contributed by atoms with van der Waals surface area (Å²) in [5, 5.41) is 0. The van der Waals surface area contributed by atoms with Gasteiger partial charge in [0.25, 0.3) is 0 Å². The summed E-state index contributed by atoms with van der Waals surface area (Å²) in [4.78, 5) is 12.6. The predicted molar refractivity (Wildman–Crippen MR) is 52.8 cm³/mol. The number of hydrogen-bond donors (Lipinski definition) is 0. The van der Waals surface area contributed by atoms with E-state index in [0.29, 0.717) is 6.61 Å². The standard InChI is InChI=1S/C8H15NO2.H2S/c1-2-3-4-5-9-6-7-11-8(9)10;/h2-7H2,1H3;1H2. The zero-order valence-electron chi connectivity index (χ0n) is 7.51. The van der Waals surface area contributed by atoms with E-state index in [1.165, 1.54) is 12.8 Å². The smallest absolute Gasteiger partial charge is 0.409 e. The average molecular weight is 191 g/mol. The van der Waals surface area contributed by atoms with E-state index in [0.717, 1.165) is 19.5 Å². The summed E-state index contributed by atoms with van der Waals surface area (Å²) in [6.07, 6.45) is 3.36. The minimum atomic E-state index is -0.138. The molecule has 0 radical (unpaired) electrons. The van der Waals surface area contributed by atoms with E-state index in [9.17, 15) is 4.79 Å². The van der Waals surface area contributed by atoms with E-state index in [2.05, 4.69) is 6.92 Å². The van der Waals surface area contributed by atoms with Crippen LogP contribution in [-0.4, -0.2) is 30.7 Å². The van der Waals surface area contributed by atoms with E-state index >= 15 is 0 Å². The number of cyclic esters (lactones) is 1. The molecule has 1 aliphatic heterocycles. The van der Waals surface area contributed by atoms with Gasteiger partial charge in [-0.05, 0) is 6.42 Å². The monoisotopic (exact) mass is 191 g/mol. The van der Waals surface area contributed by atoms with Crippen LogP contribution < -0.4 is 0 Å². The minimum absolute atomic E-state index is 0. The van der Waals surface area contributed by atoms with Crippen molar-refractivity contribution in [1.82, 2.24) is 4.90 Å². The Morgan fingerprint density at radius 2 is 2.25 bits per heavy atom. The molecular formula is C8H17NO2S. The first-order chi connectivity index (χ1) is 5.34. The lowest BCUT2D eigenvalue weighted by molar-refractivity contribution is 0.158. The first kappa shape index (κ1) is 11.6. The maximum absolute atomic E-state index is 10.9. The second-order valence-electron chi connectivity index (χ2n) is 2.81. The van der Waals surface area contributed by atoms with E-state index in [1.54, 1.807) is 4.90 Å². The molecule has 0 spiro atoms. The summed E-state index contributed by atoms with van der Waals surface area (Å²) in [7, 11) is 0. The number of rotatable bonds is 4. The van der Waals surface area contributed by atoms with Gasteiger partial charge in [-0.3, -0.25) is 0 Å². The number of carbonyl (C=O) groups is 1. The second kappa shape index (κ2) is 6.17. The van der Waals surface area contributed by atoms with Gasteiger partial charge in [-0.1, -0.05) is 19.8 Å². The van der Waals surface area contributed by atoms with Crippen molar-refractivity contribution >= 4 is 19.6 Å². The van der Waals surface area contributed by atoms with E-state index in [1.807, 2.05) is 0 Å². The van der Waals surface area contributed by atoms with Gasteiger partial charge in [-0.15, -0.1) is 0 Å². The summed E-state index contributed by atoms with van der Waals surface area (Å²) >= 11 is 0. The van der Waals surface area contributed by atoms with Crippen LogP contribution in [-0.2, 0) is 4.74 Å². The molecule has 1 amide bonds. The Labute approximate surface area is 80.5 Å². The molecule has 12 heavy (non-hydrogen) atoms. The van der Waals surface area contributed by atoms with Gasteiger partial charge < -0.3 is 9.64 Å². The molecule has 0 aromatic carbocycles. The SMILES string of the molecule is CCCCCN1CCOC1=O.S. The van der Waals surface area contributed by atoms with Crippen molar-refractivity contribution in [3.8, 4) is 0 Å². The Bertz CT molecular complexity index is 141. The first-order valence-corrected chi connectivity index (χ1v) is 4.26. The molecule has 0 aliphatic carbocycles. The molecule has 0 aromatic heterocycles. The van der Waals surface area contributed by atoms with Crippen molar-refractivity contribution in [3.63, 3.8) is 0 Å². The van der Waals surface area contributed by atoms with Gasteiger partial charge >= 0.3 is 6.09 Å². The molecule has 1 saturated heterocycles. The van der Waals surface area contributed by atoms with Crippen molar-refractivity contribution in [3.05, 3.63) is 0 Å². The largest absolute Gasteiger partial charge is 0.448 e. The number of amides is 1. The highest BCUT2D eigenvalue weighted by atomic mass is 32.1. The van der Waals surface area contributed by atoms with Gasteiger partial charge in [0.05, 0.1) is 6.54 Å². The first-order valence-electron chi connectivity index (χ1n) is 4.26. The van der Waals surface area contributed by atoms with Crippen LogP contribution in [0.1, 0.15) is 26.2 Å². The number of nitrogens with zero attached hydrogens (tertiary/aromatic N) is 1. The van der Waals surface area contributed by atoms with Crippen LogP contribution in [0.4, 0.5) is 4.79 Å². The number of carbonyl (C=O) groups excluding carboxylic acids is 1. The Morgan fingerprint density at radius 3 is 2.75 bits per heavy atom. The zero-order valence-corrected chi connectivity index (χ0v) is 8.51. The Balaban J connectivity index is 0.00000121. The fourth-order valence-corrected chi connectivity index (χ4v) is 1.18. The van der Waals surface area contributed by atoms with E-state index in [4.69, 9.17) is 4.74 Å². The lowest BCUT2D eigenvalue weighted by atomic mass is 10.2. The van der Waals surface area contributed by atoms with Crippen molar-refractivity contribution in [2.45, 2.75) is 26.2 Å². The molecule has 1 rings (SSSR count). The molecule has 0 atom stereocenters. The molecule has 1 fully saturated rings. The third-order valence-electron chi connectivity index (χ3n) is 1.88. The molecule has 4 heteroatoms. The van der Waals surface area contributed by atoms with Crippen LogP contribution in [0.25, 0.3) is 0 Å². The third kappa shape index (κ3) is 3.34. The molecule has 0 N–H and O–H groups in total. The summed E-state index contributed by atoms with van der Waals surface area (Å²) in [5.41, 5.74) is 0. The zero-order chi connectivity index (χ0) is 8.10. The van der Waals surface area contributed by atoms with Crippen LogP contribution in [0.3, 0.4) is 0 Å². The Morgan fingerprint density at radius 1 is 1.50 bits per heavy atom. The summed E-state index contributed by atoms with van der Waals surface area (Å²) in [5.74, 6) is 0. The fourth-order valence-electron chi connectivity index (χ4n) is 1.18. The van der Waals surface area contributed by atoms with Crippen LogP contribution in [0, 0.1) is 0 Å². The van der Waals surface area contributed by atoms with Crippen molar-refractivity contribution in [1.29, 1.82) is 0 Å². The van der Waals surface area contributed by atoms with Crippen LogP contribution in [0.2, 0.25) is 0 Å². The number of unbranched alkanes of at least 4 members (excludes halogenated alkanes) is 2. The summed E-state index contributed by atoms with van der Waals surface area (Å²) in [6.45, 7) is 4.38. The molecule has 0 bridgehead atoms. The molecule has 0 unspecified atom stereocenters. The lowest BCUT2D eigenvalue weighted by Gasteiger charge is -2.10. The van der Waals surface area contributed by atoms with Crippen LogP contribution in [0.15, 0.2) is 0 Å². The van der Waals surface area contributed by atoms with E-state index < -0.39 is 0 Å². The highest BCUT2D eigenvalue weighted by molar-refractivity contribution is 7.59. The van der Waals surface area contributed by atoms with Crippen molar-refractivity contribution in [2.24, 2.45) is 0 Å². The normalized spacial score (nSPS) is 15.8. The Kier molecular flexibility index (Phi) is 5.98. The lowest BCUT2D eigenvalue weighted by Crippen LogP contribution is -2.25. The molecule has 72 valence electrons. The molecule has 1 aliphatic rings. The molecule has 0 aromatic rings. The Hall–Kier alpha value is -0.380.